The van der Waals surface area contributed by atoms with Crippen molar-refractivity contribution in [3.63, 3.8) is 0 Å². The van der Waals surface area contributed by atoms with Gasteiger partial charge in [0.15, 0.2) is 0 Å². The second-order valence-electron chi connectivity index (χ2n) is 4.09. The first kappa shape index (κ1) is 13.3. The summed E-state index contributed by atoms with van der Waals surface area (Å²) in [6.45, 7) is 7.91. The maximum absolute atomic E-state index is 11.5. The van der Waals surface area contributed by atoms with Crippen LogP contribution < -0.4 is 5.32 Å². The van der Waals surface area contributed by atoms with Crippen LogP contribution in [0.15, 0.2) is 43.0 Å². The molecule has 0 bridgehead atoms. The first-order valence-electron chi connectivity index (χ1n) is 5.73. The summed E-state index contributed by atoms with van der Waals surface area (Å²) in [4.78, 5) is 11.5. The van der Waals surface area contributed by atoms with E-state index in [1.807, 2.05) is 50.3 Å². The van der Waals surface area contributed by atoms with Crippen molar-refractivity contribution in [1.29, 1.82) is 0 Å². The predicted octanol–water partition coefficient (Wildman–Crippen LogP) is 3.12. The Balaban J connectivity index is 2.33. The van der Waals surface area contributed by atoms with Crippen LogP contribution in [-0.2, 0) is 11.3 Å². The number of hydrogen-bond donors (Lipinski definition) is 1. The van der Waals surface area contributed by atoms with Crippen LogP contribution in [-0.4, -0.2) is 12.1 Å². The van der Waals surface area contributed by atoms with Gasteiger partial charge in [-0.1, -0.05) is 43.3 Å². The van der Waals surface area contributed by atoms with Crippen LogP contribution in [0.25, 0.3) is 0 Å². The number of rotatable bonds is 5. The Morgan fingerprint density at radius 1 is 1.41 bits per heavy atom. The summed E-state index contributed by atoms with van der Waals surface area (Å²) in [5, 5.41) is 2.77. The molecule has 0 saturated heterocycles. The molecule has 1 amide bonds. The average Bonchev–Trinajstić information content (AvgIpc) is 2.36. The van der Waals surface area contributed by atoms with Gasteiger partial charge in [-0.15, -0.1) is 6.58 Å². The molecule has 1 rings (SSSR count). The molecular formula is C14H19NO2. The first-order valence-corrected chi connectivity index (χ1v) is 5.73. The molecule has 0 saturated carbocycles. The van der Waals surface area contributed by atoms with Gasteiger partial charge in [-0.05, 0) is 18.4 Å². The summed E-state index contributed by atoms with van der Waals surface area (Å²) in [5.41, 5.74) is 0.979. The molecular weight excluding hydrogens is 214 g/mol. The number of carbonyl (C=O) groups excluding carboxylic acids is 1. The van der Waals surface area contributed by atoms with E-state index in [1.165, 1.54) is 0 Å². The molecule has 0 spiro atoms. The lowest BCUT2D eigenvalue weighted by Crippen LogP contribution is -2.36. The van der Waals surface area contributed by atoms with Crippen LogP contribution in [0.3, 0.4) is 0 Å². The summed E-state index contributed by atoms with van der Waals surface area (Å²) < 4.78 is 5.11. The Morgan fingerprint density at radius 3 is 2.65 bits per heavy atom. The molecule has 17 heavy (non-hydrogen) atoms. The molecule has 0 radical (unpaired) electrons. The quantitative estimate of drug-likeness (QED) is 0.793. The molecule has 1 aromatic rings. The van der Waals surface area contributed by atoms with Crippen molar-refractivity contribution in [3.8, 4) is 0 Å². The minimum Gasteiger partial charge on any atom is -0.445 e. The van der Waals surface area contributed by atoms with Gasteiger partial charge in [0.1, 0.15) is 6.61 Å². The number of amides is 1. The number of benzene rings is 1. The largest absolute Gasteiger partial charge is 0.445 e. The van der Waals surface area contributed by atoms with E-state index in [0.717, 1.165) is 5.56 Å². The Bertz CT molecular complexity index is 362. The standard InChI is InChI=1S/C14H19NO2/c1-4-11(2)12(3)15-14(16)17-10-13-8-6-5-7-9-13/h4-9,11-12H,1,10H2,2-3H3,(H,15,16)/t11-,12-/m0/s1. The highest BCUT2D eigenvalue weighted by molar-refractivity contribution is 5.67. The molecule has 0 unspecified atom stereocenters. The van der Waals surface area contributed by atoms with E-state index in [4.69, 9.17) is 4.74 Å². The minimum absolute atomic E-state index is 0.0239. The van der Waals surface area contributed by atoms with Gasteiger partial charge in [0, 0.05) is 6.04 Å². The molecule has 3 heteroatoms. The fourth-order valence-corrected chi connectivity index (χ4v) is 1.29. The summed E-state index contributed by atoms with van der Waals surface area (Å²) in [7, 11) is 0. The lowest BCUT2D eigenvalue weighted by atomic mass is 10.1. The third kappa shape index (κ3) is 4.72. The topological polar surface area (TPSA) is 38.3 Å². The molecule has 0 heterocycles. The minimum atomic E-state index is -0.393. The Morgan fingerprint density at radius 2 is 2.06 bits per heavy atom. The van der Waals surface area contributed by atoms with Crippen molar-refractivity contribution in [3.05, 3.63) is 48.6 Å². The molecule has 0 aromatic heterocycles. The van der Waals surface area contributed by atoms with Crippen molar-refractivity contribution in [2.75, 3.05) is 0 Å². The van der Waals surface area contributed by atoms with Crippen molar-refractivity contribution in [2.45, 2.75) is 26.5 Å². The summed E-state index contributed by atoms with van der Waals surface area (Å²) in [5.74, 6) is 0.222. The molecule has 1 aromatic carbocycles. The maximum Gasteiger partial charge on any atom is 0.407 e. The third-order valence-corrected chi connectivity index (χ3v) is 2.72. The van der Waals surface area contributed by atoms with Gasteiger partial charge in [-0.25, -0.2) is 4.79 Å². The number of carbonyl (C=O) groups is 1. The predicted molar refractivity (Wildman–Crippen MR) is 68.6 cm³/mol. The van der Waals surface area contributed by atoms with Gasteiger partial charge < -0.3 is 10.1 Å². The second kappa shape index (κ2) is 6.74. The zero-order valence-corrected chi connectivity index (χ0v) is 10.3. The van der Waals surface area contributed by atoms with Gasteiger partial charge in [0.05, 0.1) is 0 Å². The summed E-state index contributed by atoms with van der Waals surface area (Å²) >= 11 is 0. The van der Waals surface area contributed by atoms with Crippen LogP contribution in [0.2, 0.25) is 0 Å². The van der Waals surface area contributed by atoms with E-state index in [-0.39, 0.29) is 12.0 Å². The zero-order valence-electron chi connectivity index (χ0n) is 10.3. The van der Waals surface area contributed by atoms with Crippen molar-refractivity contribution < 1.29 is 9.53 Å². The van der Waals surface area contributed by atoms with Crippen LogP contribution in [0.5, 0.6) is 0 Å². The number of alkyl carbamates (subject to hydrolysis) is 1. The maximum atomic E-state index is 11.5. The second-order valence-corrected chi connectivity index (χ2v) is 4.09. The molecule has 0 aliphatic heterocycles. The average molecular weight is 233 g/mol. The molecule has 2 atom stereocenters. The van der Waals surface area contributed by atoms with Crippen LogP contribution in [0, 0.1) is 5.92 Å². The summed E-state index contributed by atoms with van der Waals surface area (Å²) in [6.07, 6.45) is 1.41. The fraction of sp³-hybridized carbons (Fsp3) is 0.357. The molecule has 3 nitrogen and oxygen atoms in total. The zero-order chi connectivity index (χ0) is 12.7. The van der Waals surface area contributed by atoms with Gasteiger partial charge in [-0.3, -0.25) is 0 Å². The molecule has 92 valence electrons. The van der Waals surface area contributed by atoms with Crippen LogP contribution in [0.4, 0.5) is 4.79 Å². The number of nitrogens with one attached hydrogen (secondary N) is 1. The van der Waals surface area contributed by atoms with E-state index in [2.05, 4.69) is 11.9 Å². The number of ether oxygens (including phenoxy) is 1. The Kier molecular flexibility index (Phi) is 5.27. The molecule has 0 aliphatic carbocycles. The SMILES string of the molecule is C=C[C@H](C)[C@H](C)NC(=O)OCc1ccccc1. The highest BCUT2D eigenvalue weighted by Gasteiger charge is 2.12. The monoisotopic (exact) mass is 233 g/mol. The van der Waals surface area contributed by atoms with Crippen LogP contribution >= 0.6 is 0 Å². The summed E-state index contributed by atoms with van der Waals surface area (Å²) in [6, 6.07) is 9.62. The van der Waals surface area contributed by atoms with Crippen molar-refractivity contribution in [2.24, 2.45) is 5.92 Å². The van der Waals surface area contributed by atoms with E-state index in [0.29, 0.717) is 6.61 Å². The van der Waals surface area contributed by atoms with E-state index in [1.54, 1.807) is 0 Å². The first-order chi connectivity index (χ1) is 8.13. The molecule has 0 aliphatic rings. The smallest absolute Gasteiger partial charge is 0.407 e. The van der Waals surface area contributed by atoms with Crippen molar-refractivity contribution in [1.82, 2.24) is 5.32 Å². The normalized spacial score (nSPS) is 13.5. The van der Waals surface area contributed by atoms with Crippen LogP contribution in [0.1, 0.15) is 19.4 Å². The van der Waals surface area contributed by atoms with Gasteiger partial charge in [0.2, 0.25) is 0 Å². The lowest BCUT2D eigenvalue weighted by molar-refractivity contribution is 0.134. The number of hydrogen-bond acceptors (Lipinski definition) is 2. The third-order valence-electron chi connectivity index (χ3n) is 2.72. The van der Waals surface area contributed by atoms with Gasteiger partial charge >= 0.3 is 6.09 Å². The highest BCUT2D eigenvalue weighted by atomic mass is 16.5. The fourth-order valence-electron chi connectivity index (χ4n) is 1.29. The highest BCUT2D eigenvalue weighted by Crippen LogP contribution is 2.04. The van der Waals surface area contributed by atoms with E-state index in [9.17, 15) is 4.79 Å². The van der Waals surface area contributed by atoms with Gasteiger partial charge in [0.25, 0.3) is 0 Å². The van der Waals surface area contributed by atoms with E-state index >= 15 is 0 Å². The van der Waals surface area contributed by atoms with E-state index < -0.39 is 6.09 Å². The lowest BCUT2D eigenvalue weighted by Gasteiger charge is -2.17. The molecule has 0 fully saturated rings. The van der Waals surface area contributed by atoms with Gasteiger partial charge in [-0.2, -0.15) is 0 Å². The van der Waals surface area contributed by atoms with Crippen molar-refractivity contribution >= 4 is 6.09 Å². The molecule has 1 N–H and O–H groups in total. The Labute approximate surface area is 102 Å². The Hall–Kier alpha value is -1.77.